The highest BCUT2D eigenvalue weighted by Crippen LogP contribution is 2.15. The molecule has 126 valence electrons. The van der Waals surface area contributed by atoms with E-state index in [1.807, 2.05) is 24.3 Å². The zero-order chi connectivity index (χ0) is 15.9. The van der Waals surface area contributed by atoms with Crippen molar-refractivity contribution in [2.75, 3.05) is 19.0 Å². The lowest BCUT2D eigenvalue weighted by atomic mass is 10.2. The molecule has 1 unspecified atom stereocenters. The van der Waals surface area contributed by atoms with Crippen LogP contribution in [0, 0.1) is 0 Å². The Morgan fingerprint density at radius 1 is 1.48 bits per heavy atom. The standard InChI is InChI=1S/C15H19BrN4O2.ClH/c1-22-13(9-17)8-15(21)19-14-5-6-18-20(14)10-11-3-2-4-12(16)7-11;/h2-7,13H,8-10,17H2,1H3,(H,19,21);1H. The summed E-state index contributed by atoms with van der Waals surface area (Å²) in [7, 11) is 1.54. The van der Waals surface area contributed by atoms with Crippen molar-refractivity contribution < 1.29 is 9.53 Å². The molecule has 0 bridgehead atoms. The molecule has 6 nitrogen and oxygen atoms in total. The molecule has 0 radical (unpaired) electrons. The second-order valence-corrected chi connectivity index (χ2v) is 5.77. The molecule has 2 rings (SSSR count). The number of amides is 1. The summed E-state index contributed by atoms with van der Waals surface area (Å²) in [6.45, 7) is 0.883. The van der Waals surface area contributed by atoms with Gasteiger partial charge in [-0.3, -0.25) is 4.79 Å². The second-order valence-electron chi connectivity index (χ2n) is 4.85. The number of nitrogens with zero attached hydrogens (tertiary/aromatic N) is 2. The van der Waals surface area contributed by atoms with Gasteiger partial charge in [0.15, 0.2) is 0 Å². The molecule has 2 aromatic rings. The maximum atomic E-state index is 12.0. The number of ether oxygens (including phenoxy) is 1. The number of carbonyl (C=O) groups excluding carboxylic acids is 1. The molecule has 1 heterocycles. The Morgan fingerprint density at radius 3 is 2.91 bits per heavy atom. The predicted molar refractivity (Wildman–Crippen MR) is 95.8 cm³/mol. The molecule has 0 spiro atoms. The highest BCUT2D eigenvalue weighted by atomic mass is 79.9. The van der Waals surface area contributed by atoms with E-state index in [-0.39, 0.29) is 30.8 Å². The van der Waals surface area contributed by atoms with Gasteiger partial charge in [-0.2, -0.15) is 5.10 Å². The van der Waals surface area contributed by atoms with Crippen LogP contribution < -0.4 is 11.1 Å². The van der Waals surface area contributed by atoms with E-state index < -0.39 is 0 Å². The van der Waals surface area contributed by atoms with Gasteiger partial charge in [-0.15, -0.1) is 12.4 Å². The van der Waals surface area contributed by atoms with Crippen molar-refractivity contribution in [2.24, 2.45) is 5.73 Å². The summed E-state index contributed by atoms with van der Waals surface area (Å²) in [5, 5.41) is 7.08. The van der Waals surface area contributed by atoms with Gasteiger partial charge in [0, 0.05) is 24.2 Å². The maximum absolute atomic E-state index is 12.0. The van der Waals surface area contributed by atoms with Gasteiger partial charge < -0.3 is 15.8 Å². The first-order valence-electron chi connectivity index (χ1n) is 6.91. The maximum Gasteiger partial charge on any atom is 0.228 e. The van der Waals surface area contributed by atoms with E-state index in [1.165, 1.54) is 0 Å². The molecular formula is C15H20BrClN4O2. The van der Waals surface area contributed by atoms with Gasteiger partial charge >= 0.3 is 0 Å². The monoisotopic (exact) mass is 402 g/mol. The first kappa shape index (κ1) is 19.6. The minimum Gasteiger partial charge on any atom is -0.380 e. The summed E-state index contributed by atoms with van der Waals surface area (Å²) in [5.41, 5.74) is 6.61. The van der Waals surface area contributed by atoms with Crippen molar-refractivity contribution in [3.63, 3.8) is 0 Å². The lowest BCUT2D eigenvalue weighted by molar-refractivity contribution is -0.118. The Hall–Kier alpha value is -1.41. The van der Waals surface area contributed by atoms with Gasteiger partial charge in [0.1, 0.15) is 5.82 Å². The van der Waals surface area contributed by atoms with Crippen molar-refractivity contribution in [1.29, 1.82) is 0 Å². The first-order valence-corrected chi connectivity index (χ1v) is 7.70. The number of hydrogen-bond acceptors (Lipinski definition) is 4. The number of rotatable bonds is 7. The molecule has 0 aliphatic rings. The van der Waals surface area contributed by atoms with Gasteiger partial charge in [0.05, 0.1) is 25.3 Å². The molecule has 0 aliphatic carbocycles. The lowest BCUT2D eigenvalue weighted by Crippen LogP contribution is -2.28. The number of anilines is 1. The average molecular weight is 404 g/mol. The highest BCUT2D eigenvalue weighted by Gasteiger charge is 2.13. The van der Waals surface area contributed by atoms with Crippen molar-refractivity contribution in [1.82, 2.24) is 9.78 Å². The van der Waals surface area contributed by atoms with Crippen LogP contribution in [-0.4, -0.2) is 35.4 Å². The fraction of sp³-hybridized carbons (Fsp3) is 0.333. The summed E-state index contributed by atoms with van der Waals surface area (Å²) in [6, 6.07) is 9.72. The number of carbonyl (C=O) groups is 1. The summed E-state index contributed by atoms with van der Waals surface area (Å²) < 4.78 is 7.86. The number of benzene rings is 1. The quantitative estimate of drug-likeness (QED) is 0.744. The Kier molecular flexibility index (Phi) is 8.25. The van der Waals surface area contributed by atoms with E-state index in [2.05, 4.69) is 26.3 Å². The molecule has 1 amide bonds. The van der Waals surface area contributed by atoms with Crippen LogP contribution in [0.25, 0.3) is 0 Å². The van der Waals surface area contributed by atoms with Crippen LogP contribution in [-0.2, 0) is 16.1 Å². The van der Waals surface area contributed by atoms with E-state index >= 15 is 0 Å². The average Bonchev–Trinajstić information content (AvgIpc) is 2.91. The number of hydrogen-bond donors (Lipinski definition) is 2. The van der Waals surface area contributed by atoms with E-state index in [4.69, 9.17) is 10.5 Å². The molecular weight excluding hydrogens is 384 g/mol. The summed E-state index contributed by atoms with van der Waals surface area (Å²) in [4.78, 5) is 12.0. The molecule has 0 saturated carbocycles. The van der Waals surface area contributed by atoms with Gasteiger partial charge in [-0.05, 0) is 17.7 Å². The smallest absolute Gasteiger partial charge is 0.228 e. The largest absolute Gasteiger partial charge is 0.380 e. The van der Waals surface area contributed by atoms with Crippen LogP contribution in [0.4, 0.5) is 5.82 Å². The number of nitrogens with two attached hydrogens (primary N) is 1. The SMILES string of the molecule is COC(CN)CC(=O)Nc1ccnn1Cc1cccc(Br)c1.Cl. The van der Waals surface area contributed by atoms with E-state index in [0.29, 0.717) is 18.9 Å². The summed E-state index contributed by atoms with van der Waals surface area (Å²) in [6.07, 6.45) is 1.60. The van der Waals surface area contributed by atoms with Crippen LogP contribution >= 0.6 is 28.3 Å². The molecule has 1 aromatic heterocycles. The van der Waals surface area contributed by atoms with Crippen molar-refractivity contribution in [3.05, 3.63) is 46.6 Å². The normalized spacial score (nSPS) is 11.6. The zero-order valence-corrected chi connectivity index (χ0v) is 15.1. The molecule has 8 heteroatoms. The third-order valence-electron chi connectivity index (χ3n) is 3.21. The number of methoxy groups -OCH3 is 1. The molecule has 0 aliphatic heterocycles. The number of aromatic nitrogens is 2. The van der Waals surface area contributed by atoms with E-state index in [0.717, 1.165) is 10.0 Å². The fourth-order valence-electron chi connectivity index (χ4n) is 2.04. The third-order valence-corrected chi connectivity index (χ3v) is 3.71. The molecule has 3 N–H and O–H groups in total. The lowest BCUT2D eigenvalue weighted by Gasteiger charge is -2.13. The molecule has 1 atom stereocenters. The summed E-state index contributed by atoms with van der Waals surface area (Å²) >= 11 is 3.44. The number of halogens is 2. The van der Waals surface area contributed by atoms with Crippen LogP contribution in [0.2, 0.25) is 0 Å². The predicted octanol–water partition coefficient (Wildman–Crippen LogP) is 2.42. The van der Waals surface area contributed by atoms with Gasteiger partial charge in [0.25, 0.3) is 0 Å². The number of nitrogens with one attached hydrogen (secondary N) is 1. The molecule has 23 heavy (non-hydrogen) atoms. The van der Waals surface area contributed by atoms with Crippen LogP contribution in [0.1, 0.15) is 12.0 Å². The van der Waals surface area contributed by atoms with Crippen LogP contribution in [0.5, 0.6) is 0 Å². The Balaban J connectivity index is 0.00000264. The Morgan fingerprint density at radius 2 is 2.26 bits per heavy atom. The van der Waals surface area contributed by atoms with Gasteiger partial charge in [-0.25, -0.2) is 4.68 Å². The highest BCUT2D eigenvalue weighted by molar-refractivity contribution is 9.10. The third kappa shape index (κ3) is 5.95. The van der Waals surface area contributed by atoms with Crippen LogP contribution in [0.15, 0.2) is 41.0 Å². The molecule has 0 saturated heterocycles. The Bertz CT molecular complexity index is 631. The van der Waals surface area contributed by atoms with Gasteiger partial charge in [0.2, 0.25) is 5.91 Å². The van der Waals surface area contributed by atoms with Crippen molar-refractivity contribution >= 4 is 40.1 Å². The zero-order valence-electron chi connectivity index (χ0n) is 12.7. The molecule has 1 aromatic carbocycles. The second kappa shape index (κ2) is 9.67. The fourth-order valence-corrected chi connectivity index (χ4v) is 2.48. The van der Waals surface area contributed by atoms with Crippen molar-refractivity contribution in [3.8, 4) is 0 Å². The topological polar surface area (TPSA) is 82.2 Å². The molecule has 0 fully saturated rings. The minimum atomic E-state index is -0.276. The van der Waals surface area contributed by atoms with E-state index in [9.17, 15) is 4.79 Å². The van der Waals surface area contributed by atoms with Crippen LogP contribution in [0.3, 0.4) is 0 Å². The summed E-state index contributed by atoms with van der Waals surface area (Å²) in [5.74, 6) is 0.505. The first-order chi connectivity index (χ1) is 10.6. The van der Waals surface area contributed by atoms with E-state index in [1.54, 1.807) is 24.1 Å². The Labute approximate surface area is 149 Å². The van der Waals surface area contributed by atoms with Gasteiger partial charge in [-0.1, -0.05) is 28.1 Å². The van der Waals surface area contributed by atoms with Crippen molar-refractivity contribution in [2.45, 2.75) is 19.1 Å². The minimum absolute atomic E-state index is 0.